The molecule has 106 valence electrons. The first-order chi connectivity index (χ1) is 9.58. The van der Waals surface area contributed by atoms with Crippen LogP contribution in [0.25, 0.3) is 0 Å². The SMILES string of the molecule is CNC(Cc1ccc(Cl)cc1)Cc1cc(F)ccc1Cl. The molecule has 4 heteroatoms. The summed E-state index contributed by atoms with van der Waals surface area (Å²) in [6.07, 6.45) is 1.51. The second kappa shape index (κ2) is 7.07. The van der Waals surface area contributed by atoms with Crippen LogP contribution in [0.3, 0.4) is 0 Å². The fourth-order valence-electron chi connectivity index (χ4n) is 2.15. The number of halogens is 3. The van der Waals surface area contributed by atoms with Crippen LogP contribution >= 0.6 is 23.2 Å². The molecule has 0 aromatic heterocycles. The van der Waals surface area contributed by atoms with Gasteiger partial charge in [0.25, 0.3) is 0 Å². The molecule has 1 atom stereocenters. The van der Waals surface area contributed by atoms with Gasteiger partial charge in [-0.25, -0.2) is 4.39 Å². The Balaban J connectivity index is 2.08. The second-order valence-corrected chi connectivity index (χ2v) is 5.60. The topological polar surface area (TPSA) is 12.0 Å². The van der Waals surface area contributed by atoms with E-state index in [1.807, 2.05) is 31.3 Å². The van der Waals surface area contributed by atoms with Gasteiger partial charge in [0.05, 0.1) is 0 Å². The quantitative estimate of drug-likeness (QED) is 0.857. The maximum atomic E-state index is 13.3. The van der Waals surface area contributed by atoms with Gasteiger partial charge < -0.3 is 5.32 Å². The Labute approximate surface area is 128 Å². The molecule has 0 bridgehead atoms. The van der Waals surface area contributed by atoms with Gasteiger partial charge in [0.1, 0.15) is 5.82 Å². The molecule has 1 N–H and O–H groups in total. The van der Waals surface area contributed by atoms with Gasteiger partial charge in [-0.15, -0.1) is 0 Å². The molecule has 0 saturated heterocycles. The van der Waals surface area contributed by atoms with E-state index in [0.717, 1.165) is 17.0 Å². The summed E-state index contributed by atoms with van der Waals surface area (Å²) < 4.78 is 13.3. The minimum atomic E-state index is -0.259. The summed E-state index contributed by atoms with van der Waals surface area (Å²) in [7, 11) is 1.90. The van der Waals surface area contributed by atoms with Gasteiger partial charge >= 0.3 is 0 Å². The average molecular weight is 312 g/mol. The van der Waals surface area contributed by atoms with Crippen molar-refractivity contribution >= 4 is 23.2 Å². The summed E-state index contributed by atoms with van der Waals surface area (Å²) in [4.78, 5) is 0. The largest absolute Gasteiger partial charge is 0.316 e. The first-order valence-corrected chi connectivity index (χ1v) is 7.19. The molecule has 0 radical (unpaired) electrons. The highest BCUT2D eigenvalue weighted by Crippen LogP contribution is 2.20. The van der Waals surface area contributed by atoms with Crippen LogP contribution < -0.4 is 5.32 Å². The highest BCUT2D eigenvalue weighted by Gasteiger charge is 2.11. The smallest absolute Gasteiger partial charge is 0.123 e. The Kier molecular flexibility index (Phi) is 5.41. The Hall–Kier alpha value is -1.09. The van der Waals surface area contributed by atoms with Crippen LogP contribution in [0.4, 0.5) is 4.39 Å². The van der Waals surface area contributed by atoms with E-state index in [2.05, 4.69) is 5.32 Å². The number of benzene rings is 2. The Morgan fingerprint density at radius 2 is 1.75 bits per heavy atom. The van der Waals surface area contributed by atoms with Crippen molar-refractivity contribution in [2.45, 2.75) is 18.9 Å². The molecule has 2 rings (SSSR count). The normalized spacial score (nSPS) is 12.4. The van der Waals surface area contributed by atoms with Crippen LogP contribution in [-0.4, -0.2) is 13.1 Å². The van der Waals surface area contributed by atoms with Crippen molar-refractivity contribution in [2.75, 3.05) is 7.05 Å². The lowest BCUT2D eigenvalue weighted by Crippen LogP contribution is -2.30. The standard InChI is InChI=1S/C16H16Cl2FN/c1-20-15(8-11-2-4-13(17)5-3-11)10-12-9-14(19)6-7-16(12)18/h2-7,9,15,20H,8,10H2,1H3. The zero-order valence-electron chi connectivity index (χ0n) is 11.2. The fourth-order valence-corrected chi connectivity index (χ4v) is 2.47. The maximum absolute atomic E-state index is 13.3. The van der Waals surface area contributed by atoms with E-state index in [1.165, 1.54) is 17.7 Å². The van der Waals surface area contributed by atoms with E-state index in [9.17, 15) is 4.39 Å². The molecule has 0 spiro atoms. The van der Waals surface area contributed by atoms with E-state index in [1.54, 1.807) is 6.07 Å². The highest BCUT2D eigenvalue weighted by atomic mass is 35.5. The molecule has 0 aliphatic rings. The van der Waals surface area contributed by atoms with Crippen molar-refractivity contribution in [3.63, 3.8) is 0 Å². The van der Waals surface area contributed by atoms with Crippen LogP contribution in [0.15, 0.2) is 42.5 Å². The van der Waals surface area contributed by atoms with Crippen LogP contribution in [0, 0.1) is 5.82 Å². The third-order valence-corrected chi connectivity index (χ3v) is 3.90. The van der Waals surface area contributed by atoms with Crippen molar-refractivity contribution in [1.82, 2.24) is 5.32 Å². The molecule has 1 unspecified atom stereocenters. The second-order valence-electron chi connectivity index (χ2n) is 4.76. The van der Waals surface area contributed by atoms with Crippen LogP contribution in [0.5, 0.6) is 0 Å². The fraction of sp³-hybridized carbons (Fsp3) is 0.250. The lowest BCUT2D eigenvalue weighted by Gasteiger charge is -2.17. The molecule has 0 aliphatic carbocycles. The highest BCUT2D eigenvalue weighted by molar-refractivity contribution is 6.31. The number of nitrogens with one attached hydrogen (secondary N) is 1. The summed E-state index contributed by atoms with van der Waals surface area (Å²) in [6, 6.07) is 12.4. The first-order valence-electron chi connectivity index (χ1n) is 6.44. The summed E-state index contributed by atoms with van der Waals surface area (Å²) in [5, 5.41) is 4.57. The van der Waals surface area contributed by atoms with E-state index in [0.29, 0.717) is 11.4 Å². The van der Waals surface area contributed by atoms with Crippen molar-refractivity contribution in [1.29, 1.82) is 0 Å². The van der Waals surface area contributed by atoms with Crippen molar-refractivity contribution in [3.8, 4) is 0 Å². The van der Waals surface area contributed by atoms with Crippen LogP contribution in [0.1, 0.15) is 11.1 Å². The number of likely N-dealkylation sites (N-methyl/N-ethyl adjacent to an activating group) is 1. The van der Waals surface area contributed by atoms with Gasteiger partial charge in [-0.2, -0.15) is 0 Å². The summed E-state index contributed by atoms with van der Waals surface area (Å²) in [5.74, 6) is -0.259. The zero-order valence-corrected chi connectivity index (χ0v) is 12.7. The third kappa shape index (κ3) is 4.20. The van der Waals surface area contributed by atoms with Gasteiger partial charge in [-0.1, -0.05) is 35.3 Å². The van der Waals surface area contributed by atoms with E-state index in [4.69, 9.17) is 23.2 Å². The number of hydrogen-bond acceptors (Lipinski definition) is 1. The predicted molar refractivity (Wildman–Crippen MR) is 83.1 cm³/mol. The number of hydrogen-bond donors (Lipinski definition) is 1. The van der Waals surface area contributed by atoms with Crippen molar-refractivity contribution < 1.29 is 4.39 Å². The molecule has 0 saturated carbocycles. The van der Waals surface area contributed by atoms with Crippen molar-refractivity contribution in [3.05, 3.63) is 69.5 Å². The molecule has 2 aromatic rings. The van der Waals surface area contributed by atoms with E-state index in [-0.39, 0.29) is 11.9 Å². The van der Waals surface area contributed by atoms with Crippen molar-refractivity contribution in [2.24, 2.45) is 0 Å². The minimum absolute atomic E-state index is 0.190. The monoisotopic (exact) mass is 311 g/mol. The summed E-state index contributed by atoms with van der Waals surface area (Å²) in [5.41, 5.74) is 2.00. The molecule has 0 amide bonds. The third-order valence-electron chi connectivity index (χ3n) is 3.28. The molecule has 0 aliphatic heterocycles. The van der Waals surface area contributed by atoms with Gasteiger partial charge in [-0.05, 0) is 61.3 Å². The molecule has 1 nitrogen and oxygen atoms in total. The molecule has 0 heterocycles. The summed E-state index contributed by atoms with van der Waals surface area (Å²) >= 11 is 12.0. The van der Waals surface area contributed by atoms with Crippen LogP contribution in [0.2, 0.25) is 10.0 Å². The van der Waals surface area contributed by atoms with Gasteiger partial charge in [0, 0.05) is 16.1 Å². The van der Waals surface area contributed by atoms with Gasteiger partial charge in [0.15, 0.2) is 0 Å². The molecule has 20 heavy (non-hydrogen) atoms. The number of rotatable bonds is 5. The molecule has 0 fully saturated rings. The lowest BCUT2D eigenvalue weighted by molar-refractivity contribution is 0.553. The Morgan fingerprint density at radius 1 is 1.05 bits per heavy atom. The van der Waals surface area contributed by atoms with E-state index >= 15 is 0 Å². The Morgan fingerprint density at radius 3 is 2.40 bits per heavy atom. The average Bonchev–Trinajstić information content (AvgIpc) is 2.44. The van der Waals surface area contributed by atoms with Gasteiger partial charge in [0.2, 0.25) is 0 Å². The maximum Gasteiger partial charge on any atom is 0.123 e. The predicted octanol–water partition coefficient (Wildman–Crippen LogP) is 4.51. The Bertz CT molecular complexity index is 569. The lowest BCUT2D eigenvalue weighted by atomic mass is 9.99. The van der Waals surface area contributed by atoms with Gasteiger partial charge in [-0.3, -0.25) is 0 Å². The van der Waals surface area contributed by atoms with Crippen LogP contribution in [-0.2, 0) is 12.8 Å². The molecular formula is C16H16Cl2FN. The molecule has 2 aromatic carbocycles. The first kappa shape index (κ1) is 15.3. The molecular weight excluding hydrogens is 296 g/mol. The summed E-state index contributed by atoms with van der Waals surface area (Å²) in [6.45, 7) is 0. The zero-order chi connectivity index (χ0) is 14.5. The van der Waals surface area contributed by atoms with E-state index < -0.39 is 0 Å². The minimum Gasteiger partial charge on any atom is -0.316 e.